The number of hydrogen-bond donors (Lipinski definition) is 1. The molecule has 22 heavy (non-hydrogen) atoms. The standard InChI is InChI=1S/C15H19N2O4.W/c1-2-16-9-3-4-14(18)17(16)10-12-5-7-13(8-6-12)21-11-15(19)20;/h5-8H,1-4,9-11H2,(H,19,20);/q-1;. The van der Waals surface area contributed by atoms with Crippen molar-refractivity contribution in [1.29, 1.82) is 0 Å². The van der Waals surface area contributed by atoms with Gasteiger partial charge in [-0.1, -0.05) is 12.1 Å². The molecule has 0 bridgehead atoms. The van der Waals surface area contributed by atoms with E-state index in [1.165, 1.54) is 0 Å². The minimum absolute atomic E-state index is 0. The summed E-state index contributed by atoms with van der Waals surface area (Å²) in [5.41, 5.74) is 0.964. The number of rotatable bonds is 6. The largest absolute Gasteiger partial charge is 0.482 e. The Bertz CT molecular complexity index is 507. The van der Waals surface area contributed by atoms with Crippen LogP contribution in [0.5, 0.6) is 5.75 Å². The number of hydrazine groups is 1. The number of carbonyl (C=O) groups is 2. The SMILES string of the molecule is [CH2-]CN1CCCC(=O)N1Cc1ccc(OCC(=O)O)cc1.[W]. The molecule has 0 aliphatic carbocycles. The van der Waals surface area contributed by atoms with Gasteiger partial charge in [0, 0.05) is 34.0 Å². The summed E-state index contributed by atoms with van der Waals surface area (Å²) >= 11 is 0. The Morgan fingerprint density at radius 3 is 2.59 bits per heavy atom. The van der Waals surface area contributed by atoms with Crippen LogP contribution in [-0.4, -0.2) is 46.7 Å². The molecule has 1 aromatic carbocycles. The fraction of sp³-hybridized carbons (Fsp3) is 0.400. The minimum atomic E-state index is -1.01. The normalized spacial score (nSPS) is 15.3. The minimum Gasteiger partial charge on any atom is -0.482 e. The zero-order chi connectivity index (χ0) is 15.2. The molecule has 0 aromatic heterocycles. The zero-order valence-electron chi connectivity index (χ0n) is 12.2. The van der Waals surface area contributed by atoms with Crippen molar-refractivity contribution in [2.75, 3.05) is 19.7 Å². The maximum Gasteiger partial charge on any atom is 0.341 e. The van der Waals surface area contributed by atoms with Crippen LogP contribution in [0.25, 0.3) is 0 Å². The van der Waals surface area contributed by atoms with Crippen molar-refractivity contribution in [3.05, 3.63) is 36.8 Å². The number of benzene rings is 1. The topological polar surface area (TPSA) is 70.1 Å². The molecule has 1 aliphatic heterocycles. The Balaban J connectivity index is 0.00000242. The molecule has 1 N–H and O–H groups in total. The number of carboxylic acids is 1. The smallest absolute Gasteiger partial charge is 0.341 e. The molecule has 1 aliphatic rings. The first-order valence-electron chi connectivity index (χ1n) is 6.88. The van der Waals surface area contributed by atoms with Crippen LogP contribution in [0.4, 0.5) is 0 Å². The third-order valence-corrected chi connectivity index (χ3v) is 3.31. The van der Waals surface area contributed by atoms with Gasteiger partial charge in [0.25, 0.3) is 0 Å². The first kappa shape index (κ1) is 18.7. The van der Waals surface area contributed by atoms with E-state index in [-0.39, 0.29) is 33.6 Å². The van der Waals surface area contributed by atoms with E-state index in [4.69, 9.17) is 9.84 Å². The number of aliphatic carboxylic acids is 1. The monoisotopic (exact) mass is 475 g/mol. The summed E-state index contributed by atoms with van der Waals surface area (Å²) in [5.74, 6) is -0.402. The van der Waals surface area contributed by atoms with Crippen LogP contribution in [0, 0.1) is 6.92 Å². The van der Waals surface area contributed by atoms with Gasteiger partial charge < -0.3 is 16.8 Å². The summed E-state index contributed by atoms with van der Waals surface area (Å²) in [6, 6.07) is 7.09. The molecule has 1 aromatic rings. The molecule has 1 saturated heterocycles. The first-order chi connectivity index (χ1) is 10.1. The number of ether oxygens (including phenoxy) is 1. The molecular formula is C15H19N2O4W-. The molecule has 0 saturated carbocycles. The van der Waals surface area contributed by atoms with Crippen molar-refractivity contribution >= 4 is 11.9 Å². The summed E-state index contributed by atoms with van der Waals surface area (Å²) in [4.78, 5) is 22.4. The van der Waals surface area contributed by atoms with Crippen LogP contribution < -0.4 is 4.74 Å². The maximum atomic E-state index is 12.0. The maximum absolute atomic E-state index is 12.0. The van der Waals surface area contributed by atoms with Crippen molar-refractivity contribution in [2.24, 2.45) is 0 Å². The molecule has 7 heteroatoms. The molecule has 6 nitrogen and oxygen atoms in total. The average molecular weight is 475 g/mol. The predicted octanol–water partition coefficient (Wildman–Crippen LogP) is 1.32. The Morgan fingerprint density at radius 2 is 2.00 bits per heavy atom. The van der Waals surface area contributed by atoms with Crippen LogP contribution in [0.1, 0.15) is 18.4 Å². The van der Waals surface area contributed by atoms with Crippen molar-refractivity contribution in [2.45, 2.75) is 19.4 Å². The van der Waals surface area contributed by atoms with Crippen LogP contribution in [0.3, 0.4) is 0 Å². The number of carbonyl (C=O) groups excluding carboxylic acids is 1. The Kier molecular flexibility index (Phi) is 7.55. The van der Waals surface area contributed by atoms with Gasteiger partial charge in [0.15, 0.2) is 6.61 Å². The van der Waals surface area contributed by atoms with E-state index in [2.05, 4.69) is 6.92 Å². The van der Waals surface area contributed by atoms with Gasteiger partial charge in [-0.15, -0.1) is 6.54 Å². The third-order valence-electron chi connectivity index (χ3n) is 3.31. The van der Waals surface area contributed by atoms with Gasteiger partial charge in [0.2, 0.25) is 5.91 Å². The fourth-order valence-electron chi connectivity index (χ4n) is 2.25. The molecule has 2 rings (SSSR count). The summed E-state index contributed by atoms with van der Waals surface area (Å²) in [6.07, 6.45) is 1.43. The van der Waals surface area contributed by atoms with Gasteiger partial charge in [0.05, 0.1) is 6.54 Å². The molecule has 0 atom stereocenters. The second-order valence-electron chi connectivity index (χ2n) is 4.83. The summed E-state index contributed by atoms with van der Waals surface area (Å²) in [7, 11) is 0. The van der Waals surface area contributed by atoms with E-state index in [0.29, 0.717) is 25.3 Å². The molecule has 1 fully saturated rings. The van der Waals surface area contributed by atoms with Crippen molar-refractivity contribution < 1.29 is 40.5 Å². The number of carboxylic acid groups (broad SMARTS) is 1. The summed E-state index contributed by atoms with van der Waals surface area (Å²) < 4.78 is 5.08. The Morgan fingerprint density at radius 1 is 1.32 bits per heavy atom. The van der Waals surface area contributed by atoms with Crippen molar-refractivity contribution in [1.82, 2.24) is 10.0 Å². The van der Waals surface area contributed by atoms with Gasteiger partial charge in [0.1, 0.15) is 5.75 Å². The van der Waals surface area contributed by atoms with Gasteiger partial charge in [-0.2, -0.15) is 0 Å². The predicted molar refractivity (Wildman–Crippen MR) is 76.3 cm³/mol. The zero-order valence-corrected chi connectivity index (χ0v) is 15.2. The van der Waals surface area contributed by atoms with Crippen LogP contribution in [0.2, 0.25) is 0 Å². The molecule has 120 valence electrons. The van der Waals surface area contributed by atoms with E-state index in [1.54, 1.807) is 17.1 Å². The molecule has 1 heterocycles. The second kappa shape index (κ2) is 8.91. The first-order valence-corrected chi connectivity index (χ1v) is 6.88. The second-order valence-corrected chi connectivity index (χ2v) is 4.83. The summed E-state index contributed by atoms with van der Waals surface area (Å²) in [6.45, 7) is 5.38. The van der Waals surface area contributed by atoms with Gasteiger partial charge >= 0.3 is 5.97 Å². The van der Waals surface area contributed by atoms with E-state index < -0.39 is 5.97 Å². The van der Waals surface area contributed by atoms with Crippen molar-refractivity contribution in [3.8, 4) is 5.75 Å². The molecule has 0 spiro atoms. The van der Waals surface area contributed by atoms with Gasteiger partial charge in [-0.05, 0) is 24.1 Å². The van der Waals surface area contributed by atoms with Crippen LogP contribution in [-0.2, 0) is 37.2 Å². The summed E-state index contributed by atoms with van der Waals surface area (Å²) in [5, 5.41) is 12.2. The van der Waals surface area contributed by atoms with Crippen LogP contribution >= 0.6 is 0 Å². The van der Waals surface area contributed by atoms with E-state index >= 15 is 0 Å². The number of hydrogen-bond acceptors (Lipinski definition) is 4. The van der Waals surface area contributed by atoms with Gasteiger partial charge in [-0.3, -0.25) is 9.80 Å². The van der Waals surface area contributed by atoms with Crippen molar-refractivity contribution in [3.63, 3.8) is 0 Å². The molecular weight excluding hydrogens is 456 g/mol. The third kappa shape index (κ3) is 5.11. The Labute approximate surface area is 144 Å². The quantitative estimate of drug-likeness (QED) is 0.629. The van der Waals surface area contributed by atoms with Gasteiger partial charge in [-0.25, -0.2) is 9.80 Å². The average Bonchev–Trinajstić information content (AvgIpc) is 2.48. The number of nitrogens with zero attached hydrogens (tertiary/aromatic N) is 2. The molecule has 1 amide bonds. The molecule has 0 unspecified atom stereocenters. The van der Waals surface area contributed by atoms with Crippen LogP contribution in [0.15, 0.2) is 24.3 Å². The molecule has 0 radical (unpaired) electrons. The van der Waals surface area contributed by atoms with E-state index in [1.807, 2.05) is 17.1 Å². The Hall–Kier alpha value is -1.39. The number of amides is 1. The van der Waals surface area contributed by atoms with E-state index in [0.717, 1.165) is 18.5 Å². The van der Waals surface area contributed by atoms with E-state index in [9.17, 15) is 9.59 Å². The fourth-order valence-corrected chi connectivity index (χ4v) is 2.25.